The first-order chi connectivity index (χ1) is 13.8. The lowest BCUT2D eigenvalue weighted by Crippen LogP contribution is -2.42. The normalized spacial score (nSPS) is 17.0. The van der Waals surface area contributed by atoms with Crippen molar-refractivity contribution in [2.75, 3.05) is 0 Å². The third kappa shape index (κ3) is 3.44. The minimum absolute atomic E-state index is 0.420. The zero-order valence-electron chi connectivity index (χ0n) is 15.6. The second-order valence-corrected chi connectivity index (χ2v) is 7.98. The van der Waals surface area contributed by atoms with Crippen molar-refractivity contribution in [1.82, 2.24) is 14.5 Å². The first-order valence-electron chi connectivity index (χ1n) is 9.71. The number of hydrogen-bond acceptors (Lipinski definition) is 2. The Kier molecular flexibility index (Phi) is 4.63. The molecule has 5 rings (SSSR count). The fraction of sp³-hybridized carbons (Fsp3) is 0.208. The van der Waals surface area contributed by atoms with Gasteiger partial charge in [-0.05, 0) is 47.4 Å². The zero-order chi connectivity index (χ0) is 18.9. The molecule has 0 fully saturated rings. The summed E-state index contributed by atoms with van der Waals surface area (Å²) in [5, 5.41) is 0.786. The SMILES string of the molecule is Clc1ccc(CN2Cc3ccccc3CC2Cn2cnc3ccccc32)cc1. The quantitative estimate of drug-likeness (QED) is 0.472. The number of hydrogen-bond donors (Lipinski definition) is 0. The number of fused-ring (bicyclic) bond motifs is 2. The Labute approximate surface area is 170 Å². The molecule has 1 atom stereocenters. The summed E-state index contributed by atoms with van der Waals surface area (Å²) in [7, 11) is 0. The van der Waals surface area contributed by atoms with E-state index in [-0.39, 0.29) is 0 Å². The molecule has 3 aromatic carbocycles. The average Bonchev–Trinajstić information content (AvgIpc) is 3.13. The summed E-state index contributed by atoms with van der Waals surface area (Å²) in [4.78, 5) is 7.16. The van der Waals surface area contributed by atoms with Crippen LogP contribution in [0.4, 0.5) is 0 Å². The van der Waals surface area contributed by atoms with Gasteiger partial charge in [0.2, 0.25) is 0 Å². The van der Waals surface area contributed by atoms with Crippen LogP contribution < -0.4 is 0 Å². The Balaban J connectivity index is 1.46. The van der Waals surface area contributed by atoms with E-state index in [9.17, 15) is 0 Å². The first kappa shape index (κ1) is 17.5. The van der Waals surface area contributed by atoms with E-state index in [2.05, 4.69) is 69.0 Å². The number of halogens is 1. The van der Waals surface area contributed by atoms with Gasteiger partial charge in [-0.3, -0.25) is 4.90 Å². The summed E-state index contributed by atoms with van der Waals surface area (Å²) in [6.45, 7) is 2.82. The van der Waals surface area contributed by atoms with Crippen molar-refractivity contribution in [3.63, 3.8) is 0 Å². The highest BCUT2D eigenvalue weighted by Gasteiger charge is 2.26. The van der Waals surface area contributed by atoms with Crippen LogP contribution >= 0.6 is 11.6 Å². The smallest absolute Gasteiger partial charge is 0.0958 e. The summed E-state index contributed by atoms with van der Waals surface area (Å²) < 4.78 is 2.29. The predicted molar refractivity (Wildman–Crippen MR) is 114 cm³/mol. The Hall–Kier alpha value is -2.62. The number of para-hydroxylation sites is 2. The van der Waals surface area contributed by atoms with Crippen LogP contribution in [0.25, 0.3) is 11.0 Å². The van der Waals surface area contributed by atoms with Gasteiger partial charge in [0.25, 0.3) is 0 Å². The van der Waals surface area contributed by atoms with Crippen LogP contribution in [-0.4, -0.2) is 20.5 Å². The molecule has 4 aromatic rings. The molecule has 0 aliphatic carbocycles. The molecule has 1 unspecified atom stereocenters. The molecule has 1 aliphatic heterocycles. The van der Waals surface area contributed by atoms with E-state index in [1.54, 1.807) is 0 Å². The lowest BCUT2D eigenvalue weighted by molar-refractivity contribution is 0.147. The van der Waals surface area contributed by atoms with E-state index < -0.39 is 0 Å². The Bertz CT molecular complexity index is 1100. The fourth-order valence-corrected chi connectivity index (χ4v) is 4.34. The van der Waals surface area contributed by atoms with Crippen LogP contribution in [0.15, 0.2) is 79.1 Å². The molecular weight excluding hydrogens is 366 g/mol. The molecule has 2 heterocycles. The molecular formula is C24H22ClN3. The Morgan fingerprint density at radius 1 is 0.893 bits per heavy atom. The second-order valence-electron chi connectivity index (χ2n) is 7.54. The maximum Gasteiger partial charge on any atom is 0.0958 e. The highest BCUT2D eigenvalue weighted by Crippen LogP contribution is 2.27. The zero-order valence-corrected chi connectivity index (χ0v) is 16.4. The van der Waals surface area contributed by atoms with Gasteiger partial charge in [0.05, 0.1) is 17.4 Å². The molecule has 4 heteroatoms. The highest BCUT2D eigenvalue weighted by atomic mass is 35.5. The fourth-order valence-electron chi connectivity index (χ4n) is 4.21. The maximum atomic E-state index is 6.08. The molecule has 0 N–H and O–H groups in total. The summed E-state index contributed by atoms with van der Waals surface area (Å²) >= 11 is 6.08. The molecule has 0 bridgehead atoms. The predicted octanol–water partition coefficient (Wildman–Crippen LogP) is 5.32. The van der Waals surface area contributed by atoms with Crippen molar-refractivity contribution in [3.8, 4) is 0 Å². The van der Waals surface area contributed by atoms with Gasteiger partial charge in [0, 0.05) is 30.7 Å². The van der Waals surface area contributed by atoms with Crippen molar-refractivity contribution in [3.05, 3.63) is 101 Å². The first-order valence-corrected chi connectivity index (χ1v) is 10.1. The van der Waals surface area contributed by atoms with Crippen LogP contribution in [0.2, 0.25) is 5.02 Å². The number of benzene rings is 3. The third-order valence-corrected chi connectivity index (χ3v) is 5.95. The molecule has 0 saturated heterocycles. The van der Waals surface area contributed by atoms with Crippen LogP contribution in [0.1, 0.15) is 16.7 Å². The van der Waals surface area contributed by atoms with E-state index >= 15 is 0 Å². The van der Waals surface area contributed by atoms with Gasteiger partial charge in [-0.15, -0.1) is 0 Å². The van der Waals surface area contributed by atoms with E-state index in [1.807, 2.05) is 24.5 Å². The summed E-state index contributed by atoms with van der Waals surface area (Å²) in [6.07, 6.45) is 3.03. The minimum Gasteiger partial charge on any atom is -0.329 e. The molecule has 140 valence electrons. The number of imidazole rings is 1. The van der Waals surface area contributed by atoms with Crippen molar-refractivity contribution in [1.29, 1.82) is 0 Å². The molecule has 1 aliphatic rings. The van der Waals surface area contributed by atoms with Gasteiger partial charge in [0.1, 0.15) is 0 Å². The molecule has 0 amide bonds. The topological polar surface area (TPSA) is 21.1 Å². The molecule has 28 heavy (non-hydrogen) atoms. The molecule has 0 saturated carbocycles. The van der Waals surface area contributed by atoms with Gasteiger partial charge < -0.3 is 4.57 Å². The molecule has 0 spiro atoms. The van der Waals surface area contributed by atoms with Gasteiger partial charge >= 0.3 is 0 Å². The van der Waals surface area contributed by atoms with Crippen molar-refractivity contribution in [2.24, 2.45) is 0 Å². The van der Waals surface area contributed by atoms with Gasteiger partial charge in [0.15, 0.2) is 0 Å². The summed E-state index contributed by atoms with van der Waals surface area (Å²) in [5.74, 6) is 0. The van der Waals surface area contributed by atoms with E-state index in [4.69, 9.17) is 11.6 Å². The maximum absolute atomic E-state index is 6.08. The summed E-state index contributed by atoms with van der Waals surface area (Å²) in [5.41, 5.74) is 6.45. The molecule has 1 aromatic heterocycles. The van der Waals surface area contributed by atoms with Gasteiger partial charge in [-0.2, -0.15) is 0 Å². The standard InChI is InChI=1S/C24H22ClN3/c25-21-11-9-18(10-12-21)14-27-15-20-6-2-1-5-19(20)13-22(27)16-28-17-26-23-7-3-4-8-24(23)28/h1-12,17,22H,13-16H2. The van der Waals surface area contributed by atoms with Crippen LogP contribution in [0, 0.1) is 0 Å². The van der Waals surface area contributed by atoms with E-state index in [0.29, 0.717) is 6.04 Å². The van der Waals surface area contributed by atoms with Crippen molar-refractivity contribution in [2.45, 2.75) is 32.1 Å². The van der Waals surface area contributed by atoms with Crippen molar-refractivity contribution < 1.29 is 0 Å². The average molecular weight is 388 g/mol. The number of rotatable bonds is 4. The second kappa shape index (κ2) is 7.42. The van der Waals surface area contributed by atoms with Gasteiger partial charge in [-0.25, -0.2) is 4.98 Å². The summed E-state index contributed by atoms with van der Waals surface area (Å²) in [6, 6.07) is 25.8. The Morgan fingerprint density at radius 3 is 2.50 bits per heavy atom. The number of aromatic nitrogens is 2. The van der Waals surface area contributed by atoms with Gasteiger partial charge in [-0.1, -0.05) is 60.1 Å². The minimum atomic E-state index is 0.420. The number of nitrogens with zero attached hydrogens (tertiary/aromatic N) is 3. The van der Waals surface area contributed by atoms with Crippen LogP contribution in [-0.2, 0) is 26.1 Å². The lowest BCUT2D eigenvalue weighted by atomic mass is 9.93. The Morgan fingerprint density at radius 2 is 1.64 bits per heavy atom. The monoisotopic (exact) mass is 387 g/mol. The van der Waals surface area contributed by atoms with Crippen LogP contribution in [0.3, 0.4) is 0 Å². The van der Waals surface area contributed by atoms with E-state index in [0.717, 1.165) is 36.6 Å². The lowest BCUT2D eigenvalue weighted by Gasteiger charge is -2.37. The largest absolute Gasteiger partial charge is 0.329 e. The van der Waals surface area contributed by atoms with Crippen molar-refractivity contribution >= 4 is 22.6 Å². The third-order valence-electron chi connectivity index (χ3n) is 5.70. The van der Waals surface area contributed by atoms with Crippen LogP contribution in [0.5, 0.6) is 0 Å². The van der Waals surface area contributed by atoms with E-state index in [1.165, 1.54) is 22.2 Å². The highest BCUT2D eigenvalue weighted by molar-refractivity contribution is 6.30. The molecule has 0 radical (unpaired) electrons. The molecule has 3 nitrogen and oxygen atoms in total.